The van der Waals surface area contributed by atoms with E-state index in [9.17, 15) is 9.59 Å². The number of amides is 2. The Balaban J connectivity index is 1.57. The number of nitrogens with one attached hydrogen (secondary N) is 3. The maximum atomic E-state index is 12.7. The monoisotopic (exact) mass is 391 g/mol. The molecule has 1 fully saturated rings. The molecule has 2 amide bonds. The molecule has 0 bridgehead atoms. The Labute approximate surface area is 169 Å². The number of hydrogen-bond acceptors (Lipinski definition) is 4. The fraction of sp³-hybridized carbons (Fsp3) is 0.318. The first-order valence-corrected chi connectivity index (χ1v) is 9.93. The van der Waals surface area contributed by atoms with E-state index in [0.717, 1.165) is 48.1 Å². The molecule has 1 aromatic heterocycles. The van der Waals surface area contributed by atoms with Crippen molar-refractivity contribution >= 4 is 28.4 Å². The molecule has 3 aromatic rings. The fourth-order valence-corrected chi connectivity index (χ4v) is 3.91. The van der Waals surface area contributed by atoms with E-state index in [1.807, 2.05) is 31.2 Å². The minimum atomic E-state index is -0.480. The Kier molecular flexibility index (Phi) is 5.31. The maximum absolute atomic E-state index is 12.7. The van der Waals surface area contributed by atoms with Crippen LogP contribution in [-0.2, 0) is 4.79 Å². The summed E-state index contributed by atoms with van der Waals surface area (Å²) < 4.78 is 0. The molecule has 0 aliphatic carbocycles. The summed E-state index contributed by atoms with van der Waals surface area (Å²) in [5.74, 6) is -0.157. The zero-order valence-corrected chi connectivity index (χ0v) is 16.4. The van der Waals surface area contributed by atoms with Crippen molar-refractivity contribution in [1.82, 2.24) is 15.5 Å². The summed E-state index contributed by atoms with van der Waals surface area (Å²) in [5, 5.41) is 14.6. The van der Waals surface area contributed by atoms with Gasteiger partial charge in [-0.05, 0) is 62.2 Å². The summed E-state index contributed by atoms with van der Waals surface area (Å²) in [6.45, 7) is 3.90. The van der Waals surface area contributed by atoms with Gasteiger partial charge in [0.25, 0.3) is 0 Å². The van der Waals surface area contributed by atoms with Crippen molar-refractivity contribution in [2.75, 3.05) is 18.4 Å². The third kappa shape index (κ3) is 4.00. The second-order valence-electron chi connectivity index (χ2n) is 7.66. The predicted molar refractivity (Wildman–Crippen MR) is 113 cm³/mol. The lowest BCUT2D eigenvalue weighted by Crippen LogP contribution is -2.37. The normalized spacial score (nSPS) is 17.8. The molecular weight excluding hydrogens is 366 g/mol. The molecule has 29 heavy (non-hydrogen) atoms. The quantitative estimate of drug-likeness (QED) is 0.535. The van der Waals surface area contributed by atoms with Gasteiger partial charge in [0.15, 0.2) is 0 Å². The molecule has 0 radical (unpaired) electrons. The largest absolute Gasteiger partial charge is 0.366 e. The second-order valence-corrected chi connectivity index (χ2v) is 7.66. The molecule has 2 aromatic carbocycles. The number of anilines is 1. The number of nitrogens with two attached hydrogens (primary N) is 1. The molecule has 4 rings (SSSR count). The number of benzene rings is 2. The van der Waals surface area contributed by atoms with E-state index in [1.165, 1.54) is 0 Å². The number of aromatic amines is 1. The number of fused-ring (bicyclic) bond motifs is 1. The smallest absolute Gasteiger partial charge is 0.248 e. The van der Waals surface area contributed by atoms with Crippen molar-refractivity contribution < 1.29 is 9.59 Å². The lowest BCUT2D eigenvalue weighted by atomic mass is 9.87. The number of H-pyrrole nitrogens is 1. The average molecular weight is 391 g/mol. The summed E-state index contributed by atoms with van der Waals surface area (Å²) in [4.78, 5) is 24.3. The van der Waals surface area contributed by atoms with Crippen LogP contribution in [0.2, 0.25) is 0 Å². The summed E-state index contributed by atoms with van der Waals surface area (Å²) >= 11 is 0. The van der Waals surface area contributed by atoms with Crippen molar-refractivity contribution in [2.24, 2.45) is 17.6 Å². The summed E-state index contributed by atoms with van der Waals surface area (Å²) in [6.07, 6.45) is 2.18. The van der Waals surface area contributed by atoms with E-state index in [4.69, 9.17) is 5.73 Å². The molecular formula is C22H25N5O2. The minimum Gasteiger partial charge on any atom is -0.366 e. The van der Waals surface area contributed by atoms with Gasteiger partial charge in [0.05, 0.1) is 11.2 Å². The third-order valence-corrected chi connectivity index (χ3v) is 5.71. The number of rotatable bonds is 5. The van der Waals surface area contributed by atoms with Crippen molar-refractivity contribution in [3.63, 3.8) is 0 Å². The van der Waals surface area contributed by atoms with E-state index in [0.29, 0.717) is 17.2 Å². The highest BCUT2D eigenvalue weighted by atomic mass is 16.2. The van der Waals surface area contributed by atoms with Crippen LogP contribution in [0.25, 0.3) is 22.2 Å². The minimum absolute atomic E-state index is 0.0266. The van der Waals surface area contributed by atoms with E-state index in [-0.39, 0.29) is 11.8 Å². The van der Waals surface area contributed by atoms with Crippen LogP contribution in [-0.4, -0.2) is 35.1 Å². The molecule has 150 valence electrons. The molecule has 2 heterocycles. The Morgan fingerprint density at radius 3 is 2.86 bits per heavy atom. The van der Waals surface area contributed by atoms with Crippen molar-refractivity contribution in [3.8, 4) is 11.3 Å². The Bertz CT molecular complexity index is 1050. The number of aromatic nitrogens is 2. The van der Waals surface area contributed by atoms with Gasteiger partial charge in [-0.2, -0.15) is 5.10 Å². The molecule has 0 spiro atoms. The van der Waals surface area contributed by atoms with Crippen LogP contribution in [0.4, 0.5) is 5.69 Å². The van der Waals surface area contributed by atoms with Gasteiger partial charge in [-0.15, -0.1) is 0 Å². The fourth-order valence-electron chi connectivity index (χ4n) is 3.91. The van der Waals surface area contributed by atoms with Crippen LogP contribution in [0.1, 0.15) is 30.1 Å². The zero-order chi connectivity index (χ0) is 20.4. The zero-order valence-electron chi connectivity index (χ0n) is 16.4. The Morgan fingerprint density at radius 2 is 2.10 bits per heavy atom. The summed E-state index contributed by atoms with van der Waals surface area (Å²) in [5.41, 5.74) is 8.95. The van der Waals surface area contributed by atoms with Gasteiger partial charge >= 0.3 is 0 Å². The van der Waals surface area contributed by atoms with Crippen molar-refractivity contribution in [3.05, 3.63) is 48.0 Å². The lowest BCUT2D eigenvalue weighted by molar-refractivity contribution is -0.121. The topological polar surface area (TPSA) is 113 Å². The Hall–Kier alpha value is -3.19. The third-order valence-electron chi connectivity index (χ3n) is 5.71. The number of carbonyl (C=O) groups excluding carboxylic acids is 2. The molecule has 0 saturated carbocycles. The van der Waals surface area contributed by atoms with Gasteiger partial charge in [-0.1, -0.05) is 19.1 Å². The highest BCUT2D eigenvalue weighted by Crippen LogP contribution is 2.29. The standard InChI is InChI=1S/C22H25N5O2/c1-13(16-5-3-9-24-12-16)22(29)25-17-6-2-4-14(10-17)20-18-11-15(21(23)28)7-8-19(18)26-27-20/h2,4,6-8,10-11,13,16,24H,3,5,9,12H2,1H3,(H2,23,28)(H,25,29)(H,26,27). The number of piperidine rings is 1. The van der Waals surface area contributed by atoms with Crippen LogP contribution >= 0.6 is 0 Å². The van der Waals surface area contributed by atoms with E-state index in [2.05, 4.69) is 20.8 Å². The van der Waals surface area contributed by atoms with Crippen LogP contribution in [0.5, 0.6) is 0 Å². The molecule has 2 atom stereocenters. The molecule has 1 aliphatic rings. The first kappa shape index (κ1) is 19.1. The first-order valence-electron chi connectivity index (χ1n) is 9.93. The molecule has 2 unspecified atom stereocenters. The van der Waals surface area contributed by atoms with Gasteiger partial charge in [-0.3, -0.25) is 14.7 Å². The van der Waals surface area contributed by atoms with Crippen LogP contribution in [0.3, 0.4) is 0 Å². The van der Waals surface area contributed by atoms with Crippen molar-refractivity contribution in [2.45, 2.75) is 19.8 Å². The van der Waals surface area contributed by atoms with Gasteiger partial charge in [0, 0.05) is 28.1 Å². The first-order chi connectivity index (χ1) is 14.0. The molecule has 1 aliphatic heterocycles. The summed E-state index contributed by atoms with van der Waals surface area (Å²) in [7, 11) is 0. The number of carbonyl (C=O) groups is 2. The van der Waals surface area contributed by atoms with Crippen LogP contribution in [0, 0.1) is 11.8 Å². The van der Waals surface area contributed by atoms with E-state index >= 15 is 0 Å². The Morgan fingerprint density at radius 1 is 1.24 bits per heavy atom. The molecule has 7 nitrogen and oxygen atoms in total. The number of hydrogen-bond donors (Lipinski definition) is 4. The van der Waals surface area contributed by atoms with Gasteiger partial charge in [-0.25, -0.2) is 0 Å². The van der Waals surface area contributed by atoms with Crippen LogP contribution < -0.4 is 16.4 Å². The lowest BCUT2D eigenvalue weighted by Gasteiger charge is -2.27. The van der Waals surface area contributed by atoms with Gasteiger partial charge in [0.2, 0.25) is 11.8 Å². The SMILES string of the molecule is CC(C(=O)Nc1cccc(-c2n[nH]c3ccc(C(N)=O)cc23)c1)C1CCCNC1. The summed E-state index contributed by atoms with van der Waals surface area (Å²) in [6, 6.07) is 12.8. The van der Waals surface area contributed by atoms with Crippen LogP contribution in [0.15, 0.2) is 42.5 Å². The molecule has 5 N–H and O–H groups in total. The number of primary amides is 1. The van der Waals surface area contributed by atoms with E-state index < -0.39 is 5.91 Å². The average Bonchev–Trinajstić information content (AvgIpc) is 3.17. The van der Waals surface area contributed by atoms with Gasteiger partial charge < -0.3 is 16.4 Å². The van der Waals surface area contributed by atoms with E-state index in [1.54, 1.807) is 18.2 Å². The number of nitrogens with zero attached hydrogens (tertiary/aromatic N) is 1. The highest BCUT2D eigenvalue weighted by molar-refractivity contribution is 6.01. The van der Waals surface area contributed by atoms with Crippen molar-refractivity contribution in [1.29, 1.82) is 0 Å². The molecule has 7 heteroatoms. The highest BCUT2D eigenvalue weighted by Gasteiger charge is 2.25. The second kappa shape index (κ2) is 8.05. The van der Waals surface area contributed by atoms with Gasteiger partial charge in [0.1, 0.15) is 0 Å². The maximum Gasteiger partial charge on any atom is 0.248 e. The molecule has 1 saturated heterocycles. The predicted octanol–water partition coefficient (Wildman–Crippen LogP) is 2.90.